The first-order chi connectivity index (χ1) is 8.63. The van der Waals surface area contributed by atoms with Gasteiger partial charge in [0.25, 0.3) is 0 Å². The summed E-state index contributed by atoms with van der Waals surface area (Å²) in [6.07, 6.45) is 4.69. The third-order valence-electron chi connectivity index (χ3n) is 3.93. The van der Waals surface area contributed by atoms with E-state index in [0.29, 0.717) is 6.04 Å². The molecule has 0 saturated heterocycles. The molecule has 0 amide bonds. The van der Waals surface area contributed by atoms with E-state index in [2.05, 4.69) is 24.4 Å². The number of methoxy groups -OCH3 is 1. The minimum absolute atomic E-state index is 0.105. The number of halogens is 1. The van der Waals surface area contributed by atoms with Crippen LogP contribution in [0.5, 0.6) is 0 Å². The largest absolute Gasteiger partial charge is 0.377 e. The second-order valence-corrected chi connectivity index (χ2v) is 5.79. The summed E-state index contributed by atoms with van der Waals surface area (Å²) in [7, 11) is 1.82. The van der Waals surface area contributed by atoms with E-state index >= 15 is 0 Å². The quantitative estimate of drug-likeness (QED) is 0.853. The molecule has 0 radical (unpaired) electrons. The standard InChI is InChI=1S/C15H22ClNO/c1-12(10-13-4-6-14(16)7-5-13)17-11-15(18-2)8-3-9-15/h4-7,12,17H,3,8-11H2,1-2H3. The van der Waals surface area contributed by atoms with E-state index in [4.69, 9.17) is 16.3 Å². The van der Waals surface area contributed by atoms with Gasteiger partial charge < -0.3 is 10.1 Å². The minimum Gasteiger partial charge on any atom is -0.377 e. The Bertz CT molecular complexity index is 367. The Labute approximate surface area is 115 Å². The molecule has 1 unspecified atom stereocenters. The molecule has 1 atom stereocenters. The maximum atomic E-state index is 5.88. The highest BCUT2D eigenvalue weighted by atomic mass is 35.5. The summed E-state index contributed by atoms with van der Waals surface area (Å²) < 4.78 is 5.61. The van der Waals surface area contributed by atoms with Gasteiger partial charge in [-0.1, -0.05) is 23.7 Å². The van der Waals surface area contributed by atoms with Gasteiger partial charge in [-0.25, -0.2) is 0 Å². The molecule has 0 aromatic heterocycles. The zero-order chi connectivity index (χ0) is 13.0. The first-order valence-corrected chi connectivity index (χ1v) is 7.04. The fourth-order valence-corrected chi connectivity index (χ4v) is 2.56. The van der Waals surface area contributed by atoms with E-state index in [-0.39, 0.29) is 5.60 Å². The average Bonchev–Trinajstić information content (AvgIpc) is 2.31. The number of ether oxygens (including phenoxy) is 1. The second-order valence-electron chi connectivity index (χ2n) is 5.35. The molecule has 3 heteroatoms. The third-order valence-corrected chi connectivity index (χ3v) is 4.18. The van der Waals surface area contributed by atoms with Gasteiger partial charge >= 0.3 is 0 Å². The molecule has 0 heterocycles. The minimum atomic E-state index is 0.105. The van der Waals surface area contributed by atoms with Crippen LogP contribution in [0, 0.1) is 0 Å². The summed E-state index contributed by atoms with van der Waals surface area (Å²) in [4.78, 5) is 0. The summed E-state index contributed by atoms with van der Waals surface area (Å²) >= 11 is 5.88. The highest BCUT2D eigenvalue weighted by Gasteiger charge is 2.36. The Morgan fingerprint density at radius 3 is 2.50 bits per heavy atom. The SMILES string of the molecule is COC1(CNC(C)Cc2ccc(Cl)cc2)CCC1. The van der Waals surface area contributed by atoms with Gasteiger partial charge in [-0.05, 0) is 50.3 Å². The van der Waals surface area contributed by atoms with Crippen molar-refractivity contribution in [3.8, 4) is 0 Å². The molecular formula is C15H22ClNO. The number of hydrogen-bond donors (Lipinski definition) is 1. The first kappa shape index (κ1) is 13.9. The fourth-order valence-electron chi connectivity index (χ4n) is 2.43. The molecule has 1 fully saturated rings. The van der Waals surface area contributed by atoms with Gasteiger partial charge in [-0.2, -0.15) is 0 Å². The molecule has 1 aliphatic rings. The molecular weight excluding hydrogens is 246 g/mol. The number of nitrogens with one attached hydrogen (secondary N) is 1. The highest BCUT2D eigenvalue weighted by molar-refractivity contribution is 6.30. The van der Waals surface area contributed by atoms with Gasteiger partial charge in [0.2, 0.25) is 0 Å². The molecule has 2 rings (SSSR count). The third kappa shape index (κ3) is 3.47. The molecule has 1 aromatic rings. The van der Waals surface area contributed by atoms with Crippen LogP contribution in [-0.4, -0.2) is 25.3 Å². The molecule has 2 nitrogen and oxygen atoms in total. The van der Waals surface area contributed by atoms with Gasteiger partial charge in [0.1, 0.15) is 0 Å². The van der Waals surface area contributed by atoms with Crippen LogP contribution in [-0.2, 0) is 11.2 Å². The van der Waals surface area contributed by atoms with Crippen LogP contribution < -0.4 is 5.32 Å². The lowest BCUT2D eigenvalue weighted by Gasteiger charge is -2.41. The van der Waals surface area contributed by atoms with Crippen molar-refractivity contribution < 1.29 is 4.74 Å². The van der Waals surface area contributed by atoms with Crippen LogP contribution in [0.25, 0.3) is 0 Å². The molecule has 1 aromatic carbocycles. The van der Waals surface area contributed by atoms with Crippen molar-refractivity contribution in [2.45, 2.75) is 44.2 Å². The van der Waals surface area contributed by atoms with Crippen molar-refractivity contribution in [2.75, 3.05) is 13.7 Å². The van der Waals surface area contributed by atoms with Crippen molar-refractivity contribution in [1.82, 2.24) is 5.32 Å². The monoisotopic (exact) mass is 267 g/mol. The molecule has 18 heavy (non-hydrogen) atoms. The van der Waals surface area contributed by atoms with Crippen molar-refractivity contribution in [3.05, 3.63) is 34.9 Å². The smallest absolute Gasteiger partial charge is 0.0802 e. The number of hydrogen-bond acceptors (Lipinski definition) is 2. The Kier molecular flexibility index (Phi) is 4.66. The van der Waals surface area contributed by atoms with Crippen LogP contribution in [0.2, 0.25) is 5.02 Å². The first-order valence-electron chi connectivity index (χ1n) is 6.66. The van der Waals surface area contributed by atoms with Crippen molar-refractivity contribution in [1.29, 1.82) is 0 Å². The topological polar surface area (TPSA) is 21.3 Å². The Morgan fingerprint density at radius 2 is 2.00 bits per heavy atom. The van der Waals surface area contributed by atoms with E-state index in [0.717, 1.165) is 18.0 Å². The van der Waals surface area contributed by atoms with Crippen molar-refractivity contribution >= 4 is 11.6 Å². The maximum absolute atomic E-state index is 5.88. The van der Waals surface area contributed by atoms with Crippen LogP contribution in [0.15, 0.2) is 24.3 Å². The van der Waals surface area contributed by atoms with E-state index < -0.39 is 0 Å². The summed E-state index contributed by atoms with van der Waals surface area (Å²) in [5, 5.41) is 4.38. The molecule has 0 spiro atoms. The average molecular weight is 268 g/mol. The Morgan fingerprint density at radius 1 is 1.33 bits per heavy atom. The summed E-state index contributed by atoms with van der Waals surface area (Å²) in [5.41, 5.74) is 1.42. The normalized spacial score (nSPS) is 19.3. The lowest BCUT2D eigenvalue weighted by Crippen LogP contribution is -2.50. The summed E-state index contributed by atoms with van der Waals surface area (Å²) in [6, 6.07) is 8.54. The van der Waals surface area contributed by atoms with Crippen molar-refractivity contribution in [3.63, 3.8) is 0 Å². The molecule has 1 N–H and O–H groups in total. The van der Waals surface area contributed by atoms with E-state index in [9.17, 15) is 0 Å². The van der Waals surface area contributed by atoms with Crippen LogP contribution in [0.1, 0.15) is 31.7 Å². The van der Waals surface area contributed by atoms with Gasteiger partial charge in [-0.15, -0.1) is 0 Å². The van der Waals surface area contributed by atoms with Gasteiger partial charge in [0.05, 0.1) is 5.60 Å². The number of benzene rings is 1. The number of rotatable bonds is 6. The zero-order valence-electron chi connectivity index (χ0n) is 11.2. The zero-order valence-corrected chi connectivity index (χ0v) is 12.0. The fraction of sp³-hybridized carbons (Fsp3) is 0.600. The van der Waals surface area contributed by atoms with Gasteiger partial charge in [0.15, 0.2) is 0 Å². The van der Waals surface area contributed by atoms with Gasteiger partial charge in [-0.3, -0.25) is 0 Å². The highest BCUT2D eigenvalue weighted by Crippen LogP contribution is 2.34. The van der Waals surface area contributed by atoms with Crippen LogP contribution in [0.4, 0.5) is 0 Å². The molecule has 1 aliphatic carbocycles. The predicted molar refractivity (Wildman–Crippen MR) is 76.2 cm³/mol. The Hall–Kier alpha value is -0.570. The molecule has 100 valence electrons. The van der Waals surface area contributed by atoms with Crippen LogP contribution in [0.3, 0.4) is 0 Å². The maximum Gasteiger partial charge on any atom is 0.0802 e. The molecule has 0 bridgehead atoms. The summed E-state index contributed by atoms with van der Waals surface area (Å²) in [6.45, 7) is 3.18. The molecule has 0 aliphatic heterocycles. The van der Waals surface area contributed by atoms with Crippen molar-refractivity contribution in [2.24, 2.45) is 0 Å². The predicted octanol–water partition coefficient (Wildman–Crippen LogP) is 3.43. The van der Waals surface area contributed by atoms with E-state index in [1.165, 1.54) is 24.8 Å². The van der Waals surface area contributed by atoms with Crippen LogP contribution >= 0.6 is 11.6 Å². The lowest BCUT2D eigenvalue weighted by atomic mass is 9.80. The second kappa shape index (κ2) is 6.05. The lowest BCUT2D eigenvalue weighted by molar-refractivity contribution is -0.0705. The Balaban J connectivity index is 1.78. The summed E-state index contributed by atoms with van der Waals surface area (Å²) in [5.74, 6) is 0. The van der Waals surface area contributed by atoms with E-state index in [1.54, 1.807) is 0 Å². The van der Waals surface area contributed by atoms with E-state index in [1.807, 2.05) is 19.2 Å². The molecule has 1 saturated carbocycles. The van der Waals surface area contributed by atoms with Gasteiger partial charge in [0, 0.05) is 24.7 Å².